The van der Waals surface area contributed by atoms with Gasteiger partial charge >= 0.3 is 6.18 Å². The first-order chi connectivity index (χ1) is 15.0. The van der Waals surface area contributed by atoms with Gasteiger partial charge in [-0.05, 0) is 12.1 Å². The Hall–Kier alpha value is -3.43. The van der Waals surface area contributed by atoms with Gasteiger partial charge in [0.2, 0.25) is 11.8 Å². The van der Waals surface area contributed by atoms with Gasteiger partial charge in [0, 0.05) is 0 Å². The van der Waals surface area contributed by atoms with Crippen molar-refractivity contribution in [3.63, 3.8) is 0 Å². The number of ether oxygens (including phenoxy) is 3. The van der Waals surface area contributed by atoms with Crippen molar-refractivity contribution in [3.05, 3.63) is 29.8 Å². The molecule has 0 saturated heterocycles. The summed E-state index contributed by atoms with van der Waals surface area (Å²) in [5.74, 6) is -1.71. The van der Waals surface area contributed by atoms with E-state index in [9.17, 15) is 30.4 Å². The zero-order valence-corrected chi connectivity index (χ0v) is 17.0. The van der Waals surface area contributed by atoms with E-state index in [-0.39, 0.29) is 17.5 Å². The van der Waals surface area contributed by atoms with Crippen LogP contribution in [0, 0.1) is 0 Å². The molecule has 0 fully saturated rings. The molecule has 10 nitrogen and oxygen atoms in total. The molecule has 0 aliphatic rings. The number of rotatable bonds is 8. The average Bonchev–Trinajstić information content (AvgIpc) is 3.11. The number of halogens is 5. The summed E-state index contributed by atoms with van der Waals surface area (Å²) < 4.78 is 109. The molecule has 0 aliphatic carbocycles. The van der Waals surface area contributed by atoms with Crippen LogP contribution in [-0.2, 0) is 16.2 Å². The van der Waals surface area contributed by atoms with Crippen molar-refractivity contribution in [1.29, 1.82) is 0 Å². The molecular weight excluding hydrogens is 469 g/mol. The van der Waals surface area contributed by atoms with Crippen molar-refractivity contribution >= 4 is 21.7 Å². The Bertz CT molecular complexity index is 1230. The molecule has 0 aliphatic heterocycles. The first-order valence-electron chi connectivity index (χ1n) is 8.46. The Morgan fingerprint density at radius 2 is 1.88 bits per heavy atom. The number of alkyl halides is 5. The van der Waals surface area contributed by atoms with Crippen molar-refractivity contribution in [3.8, 4) is 17.5 Å². The van der Waals surface area contributed by atoms with Gasteiger partial charge in [-0.3, -0.25) is 0 Å². The Morgan fingerprint density at radius 1 is 1.16 bits per heavy atom. The molecule has 32 heavy (non-hydrogen) atoms. The third-order valence-electron chi connectivity index (χ3n) is 3.82. The fourth-order valence-corrected chi connectivity index (χ4v) is 3.86. The Kier molecular flexibility index (Phi) is 6.25. The van der Waals surface area contributed by atoms with Crippen LogP contribution in [0.4, 0.5) is 27.9 Å². The molecule has 0 atom stereocenters. The van der Waals surface area contributed by atoms with Gasteiger partial charge < -0.3 is 14.2 Å². The molecule has 0 radical (unpaired) electrons. The first-order valence-corrected chi connectivity index (χ1v) is 9.94. The van der Waals surface area contributed by atoms with Crippen LogP contribution >= 0.6 is 0 Å². The second-order valence-electron chi connectivity index (χ2n) is 5.93. The van der Waals surface area contributed by atoms with E-state index in [1.54, 1.807) is 4.72 Å². The van der Waals surface area contributed by atoms with Gasteiger partial charge in [-0.1, -0.05) is 6.07 Å². The van der Waals surface area contributed by atoms with Crippen molar-refractivity contribution in [2.75, 3.05) is 25.5 Å². The van der Waals surface area contributed by atoms with E-state index in [1.807, 2.05) is 0 Å². The molecule has 0 spiro atoms. The lowest BCUT2D eigenvalue weighted by Gasteiger charge is -2.17. The van der Waals surface area contributed by atoms with Gasteiger partial charge in [0.1, 0.15) is 17.3 Å². The van der Waals surface area contributed by atoms with Crippen LogP contribution in [0.25, 0.3) is 5.78 Å². The van der Waals surface area contributed by atoms with E-state index < -0.39 is 51.4 Å². The molecule has 1 aromatic carbocycles. The lowest BCUT2D eigenvalue weighted by molar-refractivity contribution is -0.140. The minimum atomic E-state index is -5.14. The summed E-state index contributed by atoms with van der Waals surface area (Å²) in [6.45, 7) is -1.32. The number of aromatic nitrogens is 4. The molecule has 0 amide bonds. The Labute approximate surface area is 177 Å². The fourth-order valence-electron chi connectivity index (χ4n) is 2.57. The van der Waals surface area contributed by atoms with Gasteiger partial charge in [-0.25, -0.2) is 21.9 Å². The topological polar surface area (TPSA) is 117 Å². The maximum Gasteiger partial charge on any atom is 0.417 e. The molecule has 16 heteroatoms. The number of hydrogen-bond acceptors (Lipinski definition) is 8. The highest BCUT2D eigenvalue weighted by atomic mass is 32.2. The van der Waals surface area contributed by atoms with E-state index in [4.69, 9.17) is 9.47 Å². The van der Waals surface area contributed by atoms with Gasteiger partial charge in [0.15, 0.2) is 0 Å². The van der Waals surface area contributed by atoms with Crippen LogP contribution in [0.2, 0.25) is 0 Å². The van der Waals surface area contributed by atoms with Crippen molar-refractivity contribution < 1.29 is 44.6 Å². The number of benzene rings is 1. The van der Waals surface area contributed by atoms with Gasteiger partial charge in [0.25, 0.3) is 28.2 Å². The summed E-state index contributed by atoms with van der Waals surface area (Å²) >= 11 is 0. The standard InChI is InChI=1S/C16H14F5N5O5S/c1-29-11-6-12(30-2)26-15(22-11)23-14(24-26)25-32(27,28)13-8(16(19,20)21)4-3-5-9(13)31-7-10(17)18/h3-6,10H,7H2,1-2H3,(H,24,25). The van der Waals surface area contributed by atoms with Gasteiger partial charge in [0.05, 0.1) is 25.8 Å². The summed E-state index contributed by atoms with van der Waals surface area (Å²) in [6, 6.07) is 3.41. The summed E-state index contributed by atoms with van der Waals surface area (Å²) in [5.41, 5.74) is -1.63. The molecule has 0 unspecified atom stereocenters. The lowest BCUT2D eigenvalue weighted by atomic mass is 10.2. The molecule has 3 aromatic rings. The zero-order chi connectivity index (χ0) is 23.7. The van der Waals surface area contributed by atoms with Crippen LogP contribution in [-0.4, -0.2) is 55.3 Å². The molecule has 0 bridgehead atoms. The third kappa shape index (κ3) is 4.74. The predicted octanol–water partition coefficient (Wildman–Crippen LogP) is 2.61. The minimum Gasteiger partial charge on any atom is -0.486 e. The highest BCUT2D eigenvalue weighted by Crippen LogP contribution is 2.39. The zero-order valence-electron chi connectivity index (χ0n) is 16.2. The number of anilines is 1. The molecule has 174 valence electrons. The highest BCUT2D eigenvalue weighted by molar-refractivity contribution is 7.92. The lowest BCUT2D eigenvalue weighted by Crippen LogP contribution is -2.21. The SMILES string of the molecule is COc1cc(OC)n2nc(NS(=O)(=O)c3c(OCC(F)F)cccc3C(F)(F)F)nc2n1. The van der Waals surface area contributed by atoms with Crippen molar-refractivity contribution in [2.45, 2.75) is 17.5 Å². The quantitative estimate of drug-likeness (QED) is 0.486. The number of nitrogens with one attached hydrogen (secondary N) is 1. The van der Waals surface area contributed by atoms with E-state index in [0.717, 1.165) is 16.6 Å². The minimum absolute atomic E-state index is 0.0291. The molecule has 2 heterocycles. The number of sulfonamides is 1. The molecular formula is C16H14F5N5O5S. The van der Waals surface area contributed by atoms with Crippen LogP contribution in [0.5, 0.6) is 17.5 Å². The second-order valence-corrected chi connectivity index (χ2v) is 7.55. The second kappa shape index (κ2) is 8.60. The summed E-state index contributed by atoms with van der Waals surface area (Å²) in [7, 11) is -2.50. The van der Waals surface area contributed by atoms with E-state index in [1.165, 1.54) is 20.3 Å². The smallest absolute Gasteiger partial charge is 0.417 e. The third-order valence-corrected chi connectivity index (χ3v) is 5.23. The van der Waals surface area contributed by atoms with Crippen LogP contribution < -0.4 is 18.9 Å². The van der Waals surface area contributed by atoms with Gasteiger partial charge in [-0.15, -0.1) is 5.10 Å². The first kappa shape index (κ1) is 23.2. The van der Waals surface area contributed by atoms with E-state index >= 15 is 0 Å². The molecule has 0 saturated carbocycles. The van der Waals surface area contributed by atoms with E-state index in [0.29, 0.717) is 6.07 Å². The van der Waals surface area contributed by atoms with Gasteiger partial charge in [-0.2, -0.15) is 27.7 Å². The summed E-state index contributed by atoms with van der Waals surface area (Å²) in [4.78, 5) is 6.30. The maximum atomic E-state index is 13.5. The Morgan fingerprint density at radius 3 is 2.47 bits per heavy atom. The number of fused-ring (bicyclic) bond motifs is 1. The van der Waals surface area contributed by atoms with Crippen LogP contribution in [0.3, 0.4) is 0 Å². The number of hydrogen-bond donors (Lipinski definition) is 1. The van der Waals surface area contributed by atoms with Crippen molar-refractivity contribution in [2.24, 2.45) is 0 Å². The maximum absolute atomic E-state index is 13.5. The monoisotopic (exact) mass is 483 g/mol. The summed E-state index contributed by atoms with van der Waals surface area (Å²) in [5, 5.41) is 3.80. The number of nitrogens with zero attached hydrogens (tertiary/aromatic N) is 4. The Balaban J connectivity index is 2.10. The number of methoxy groups -OCH3 is 2. The van der Waals surface area contributed by atoms with Crippen molar-refractivity contribution in [1.82, 2.24) is 19.6 Å². The molecule has 2 aromatic heterocycles. The summed E-state index contributed by atoms with van der Waals surface area (Å²) in [6.07, 6.45) is -8.19. The highest BCUT2D eigenvalue weighted by Gasteiger charge is 2.40. The predicted molar refractivity (Wildman–Crippen MR) is 97.6 cm³/mol. The largest absolute Gasteiger partial charge is 0.486 e. The van der Waals surface area contributed by atoms with Crippen LogP contribution in [0.15, 0.2) is 29.2 Å². The molecule has 1 N–H and O–H groups in total. The average molecular weight is 483 g/mol. The fraction of sp³-hybridized carbons (Fsp3) is 0.312. The van der Waals surface area contributed by atoms with E-state index in [2.05, 4.69) is 19.8 Å². The normalized spacial score (nSPS) is 12.2. The van der Waals surface area contributed by atoms with Crippen LogP contribution in [0.1, 0.15) is 5.56 Å². The molecule has 3 rings (SSSR count).